The summed E-state index contributed by atoms with van der Waals surface area (Å²) < 4.78 is 1.88. The number of aromatic nitrogens is 1. The van der Waals surface area contributed by atoms with Crippen LogP contribution in [0.4, 0.5) is 0 Å². The number of hydrogen-bond donors (Lipinski definition) is 0. The van der Waals surface area contributed by atoms with E-state index in [2.05, 4.69) is 25.1 Å². The van der Waals surface area contributed by atoms with Gasteiger partial charge in [0.2, 0.25) is 0 Å². The van der Waals surface area contributed by atoms with Crippen LogP contribution in [0.25, 0.3) is 6.08 Å². The molecule has 2 aromatic rings. The van der Waals surface area contributed by atoms with Crippen LogP contribution in [0.15, 0.2) is 47.3 Å². The molecule has 0 atom stereocenters. The van der Waals surface area contributed by atoms with Gasteiger partial charge in [-0.3, -0.25) is 9.36 Å². The Morgan fingerprint density at radius 1 is 1.26 bits per heavy atom. The topological polar surface area (TPSA) is 22.0 Å². The molecule has 0 spiro atoms. The highest BCUT2D eigenvalue weighted by Gasteiger charge is 2.13. The van der Waals surface area contributed by atoms with Gasteiger partial charge in [-0.25, -0.2) is 0 Å². The van der Waals surface area contributed by atoms with Gasteiger partial charge in [0.1, 0.15) is 0 Å². The summed E-state index contributed by atoms with van der Waals surface area (Å²) in [6.45, 7) is 2.74. The Kier molecular flexibility index (Phi) is 3.22. The normalized spacial score (nSPS) is 13.3. The van der Waals surface area contributed by atoms with Gasteiger partial charge in [-0.1, -0.05) is 53.8 Å². The van der Waals surface area contributed by atoms with Gasteiger partial charge in [0.25, 0.3) is 0 Å². The van der Waals surface area contributed by atoms with Gasteiger partial charge < -0.3 is 0 Å². The van der Waals surface area contributed by atoms with Gasteiger partial charge >= 0.3 is 4.87 Å². The minimum Gasteiger partial charge on any atom is -0.295 e. The first-order valence-electron chi connectivity index (χ1n) is 6.36. The molecule has 0 amide bonds. The van der Waals surface area contributed by atoms with Gasteiger partial charge in [0, 0.05) is 11.3 Å². The van der Waals surface area contributed by atoms with Crippen LogP contribution in [-0.2, 0) is 13.0 Å². The molecular weight excluding hydrogens is 254 g/mol. The zero-order valence-corrected chi connectivity index (χ0v) is 11.6. The summed E-state index contributed by atoms with van der Waals surface area (Å²) in [7, 11) is 0. The highest BCUT2D eigenvalue weighted by molar-refractivity contribution is 7.09. The number of hydrogen-bond acceptors (Lipinski definition) is 2. The largest absolute Gasteiger partial charge is 0.308 e. The summed E-state index contributed by atoms with van der Waals surface area (Å²) >= 11 is 1.36. The molecule has 1 aromatic heterocycles. The van der Waals surface area contributed by atoms with Crippen molar-refractivity contribution in [3.8, 4) is 0 Å². The number of benzene rings is 1. The summed E-state index contributed by atoms with van der Waals surface area (Å²) in [5, 5.41) is 0. The van der Waals surface area contributed by atoms with Crippen molar-refractivity contribution < 1.29 is 0 Å². The molecule has 2 nitrogen and oxygen atoms in total. The molecule has 1 aliphatic carbocycles. The van der Waals surface area contributed by atoms with E-state index in [0.29, 0.717) is 6.54 Å². The number of aryl methyl sites for hydroxylation is 1. The molecule has 0 fully saturated rings. The third kappa shape index (κ3) is 2.34. The van der Waals surface area contributed by atoms with E-state index in [9.17, 15) is 4.79 Å². The van der Waals surface area contributed by atoms with E-state index in [0.717, 1.165) is 17.0 Å². The molecule has 3 heteroatoms. The molecule has 0 saturated heterocycles. The highest BCUT2D eigenvalue weighted by Crippen LogP contribution is 2.20. The van der Waals surface area contributed by atoms with E-state index in [1.807, 2.05) is 34.9 Å². The highest BCUT2D eigenvalue weighted by atomic mass is 32.1. The lowest BCUT2D eigenvalue weighted by molar-refractivity contribution is 0.767. The molecule has 0 aliphatic heterocycles. The van der Waals surface area contributed by atoms with Crippen LogP contribution in [-0.4, -0.2) is 4.57 Å². The second-order valence-electron chi connectivity index (χ2n) is 4.68. The predicted octanol–water partition coefficient (Wildman–Crippen LogP) is 3.39. The Balaban J connectivity index is 2.05. The van der Waals surface area contributed by atoms with Crippen molar-refractivity contribution in [2.45, 2.75) is 19.9 Å². The predicted molar refractivity (Wildman–Crippen MR) is 80.7 cm³/mol. The van der Waals surface area contributed by atoms with Gasteiger partial charge in [-0.2, -0.15) is 0 Å². The summed E-state index contributed by atoms with van der Waals surface area (Å²) in [5.74, 6) is 0. The van der Waals surface area contributed by atoms with Crippen molar-refractivity contribution >= 4 is 17.4 Å². The van der Waals surface area contributed by atoms with Crippen molar-refractivity contribution in [1.82, 2.24) is 4.57 Å². The summed E-state index contributed by atoms with van der Waals surface area (Å²) in [5.41, 5.74) is 3.49. The van der Waals surface area contributed by atoms with E-state index in [1.165, 1.54) is 22.5 Å². The standard InChI is InChI=1S/C16H15NOS/c1-12-7-5-6-8-13(12)11-17-14-9-3-2-4-10-15(14)19-16(17)18/h2-9H,10-11H2,1H3. The second kappa shape index (κ2) is 5.02. The SMILES string of the molecule is Cc1ccccc1Cn1c2c(sc1=O)CC=CC=C2. The van der Waals surface area contributed by atoms with E-state index >= 15 is 0 Å². The quantitative estimate of drug-likeness (QED) is 0.819. The minimum atomic E-state index is 0.133. The Morgan fingerprint density at radius 3 is 2.95 bits per heavy atom. The maximum Gasteiger partial charge on any atom is 0.308 e. The fourth-order valence-corrected chi connectivity index (χ4v) is 3.24. The first-order chi connectivity index (χ1) is 9.25. The van der Waals surface area contributed by atoms with Gasteiger partial charge in [-0.05, 0) is 24.1 Å². The summed E-state index contributed by atoms with van der Waals surface area (Å²) in [6, 6.07) is 8.22. The molecule has 0 unspecified atom stereocenters. The molecule has 19 heavy (non-hydrogen) atoms. The second-order valence-corrected chi connectivity index (χ2v) is 5.73. The molecule has 1 aromatic carbocycles. The third-order valence-electron chi connectivity index (χ3n) is 3.40. The third-order valence-corrected chi connectivity index (χ3v) is 4.42. The van der Waals surface area contributed by atoms with Gasteiger partial charge in [0.15, 0.2) is 0 Å². The van der Waals surface area contributed by atoms with Crippen LogP contribution in [0.1, 0.15) is 21.7 Å². The molecule has 0 bridgehead atoms. The Labute approximate surface area is 116 Å². The Bertz CT molecular complexity index is 719. The first-order valence-corrected chi connectivity index (χ1v) is 7.17. The van der Waals surface area contributed by atoms with E-state index in [1.54, 1.807) is 0 Å². The number of thiazole rings is 1. The zero-order valence-electron chi connectivity index (χ0n) is 10.8. The minimum absolute atomic E-state index is 0.133. The number of allylic oxidation sites excluding steroid dienone is 3. The average Bonchev–Trinajstić information content (AvgIpc) is 2.58. The average molecular weight is 269 g/mol. The van der Waals surface area contributed by atoms with E-state index in [-0.39, 0.29) is 4.87 Å². The number of rotatable bonds is 2. The van der Waals surface area contributed by atoms with Crippen LogP contribution in [0.5, 0.6) is 0 Å². The van der Waals surface area contributed by atoms with Crippen LogP contribution in [0.3, 0.4) is 0 Å². The monoisotopic (exact) mass is 269 g/mol. The van der Waals surface area contributed by atoms with Crippen molar-refractivity contribution in [3.05, 3.63) is 73.9 Å². The lowest BCUT2D eigenvalue weighted by atomic mass is 10.1. The molecule has 0 saturated carbocycles. The molecular formula is C16H15NOS. The lowest BCUT2D eigenvalue weighted by Gasteiger charge is -2.08. The fraction of sp³-hybridized carbons (Fsp3) is 0.188. The first kappa shape index (κ1) is 12.2. The van der Waals surface area contributed by atoms with Crippen molar-refractivity contribution in [2.75, 3.05) is 0 Å². The Morgan fingerprint density at radius 2 is 2.11 bits per heavy atom. The number of nitrogens with zero attached hydrogens (tertiary/aromatic N) is 1. The van der Waals surface area contributed by atoms with Crippen molar-refractivity contribution in [3.63, 3.8) is 0 Å². The summed E-state index contributed by atoms with van der Waals surface area (Å²) in [6.07, 6.45) is 9.02. The van der Waals surface area contributed by atoms with Crippen LogP contribution >= 0.6 is 11.3 Å². The molecule has 3 rings (SSSR count). The number of fused-ring (bicyclic) bond motifs is 1. The summed E-state index contributed by atoms with van der Waals surface area (Å²) in [4.78, 5) is 13.4. The molecule has 0 N–H and O–H groups in total. The van der Waals surface area contributed by atoms with Gasteiger partial charge in [-0.15, -0.1) is 0 Å². The molecule has 1 heterocycles. The van der Waals surface area contributed by atoms with E-state index < -0.39 is 0 Å². The van der Waals surface area contributed by atoms with Crippen LogP contribution in [0, 0.1) is 6.92 Å². The molecule has 0 radical (unpaired) electrons. The smallest absolute Gasteiger partial charge is 0.295 e. The Hall–Kier alpha value is -1.87. The maximum atomic E-state index is 12.2. The molecule has 96 valence electrons. The van der Waals surface area contributed by atoms with E-state index in [4.69, 9.17) is 0 Å². The molecule has 1 aliphatic rings. The fourth-order valence-electron chi connectivity index (χ4n) is 2.30. The van der Waals surface area contributed by atoms with Crippen molar-refractivity contribution in [2.24, 2.45) is 0 Å². The lowest BCUT2D eigenvalue weighted by Crippen LogP contribution is -2.16. The van der Waals surface area contributed by atoms with Gasteiger partial charge in [0.05, 0.1) is 12.2 Å². The van der Waals surface area contributed by atoms with Crippen molar-refractivity contribution in [1.29, 1.82) is 0 Å². The van der Waals surface area contributed by atoms with Crippen LogP contribution < -0.4 is 4.87 Å². The zero-order chi connectivity index (χ0) is 13.2. The maximum absolute atomic E-state index is 12.2. The van der Waals surface area contributed by atoms with Crippen LogP contribution in [0.2, 0.25) is 0 Å².